The fourth-order valence-corrected chi connectivity index (χ4v) is 8.46. The molecule has 0 heterocycles. The lowest BCUT2D eigenvalue weighted by molar-refractivity contribution is -0.143. The average molecular weight is 596 g/mol. The zero-order valence-electron chi connectivity index (χ0n) is 29.6. The predicted molar refractivity (Wildman–Crippen MR) is 175 cm³/mol. The van der Waals surface area contributed by atoms with Crippen molar-refractivity contribution in [2.24, 2.45) is 38.4 Å². The van der Waals surface area contributed by atoms with Crippen LogP contribution in [0.4, 0.5) is 0 Å². The van der Waals surface area contributed by atoms with E-state index in [9.17, 15) is 19.6 Å². The Balaban J connectivity index is 2.51. The number of esters is 1. The van der Waals surface area contributed by atoms with Crippen LogP contribution < -0.4 is 0 Å². The molecule has 0 unspecified atom stereocenters. The van der Waals surface area contributed by atoms with E-state index in [1.165, 1.54) is 6.42 Å². The normalized spacial score (nSPS) is 28.0. The Morgan fingerprint density at radius 3 is 2.14 bits per heavy atom. The summed E-state index contributed by atoms with van der Waals surface area (Å²) in [5, 5.41) is 9.94. The standard InChI is InChI=1S/C38H61NO4/c1-13-17-33(4,5)20-22-36(10,18-16-31(41)43-14-2)23-21-34(6,7)38(12)19-15-29-35(8,9)32(42)28(26-39)25-37(29,11)30(38)24-27(3)40/h24-25,29H,13-23H2,1-12H3/b30-24-/t29-,36-,37-,38+/m0/s1. The molecule has 0 amide bonds. The maximum Gasteiger partial charge on any atom is 0.305 e. The van der Waals surface area contributed by atoms with Gasteiger partial charge in [-0.3, -0.25) is 14.4 Å². The molecule has 5 nitrogen and oxygen atoms in total. The highest BCUT2D eigenvalue weighted by Gasteiger charge is 2.61. The number of carbonyl (C=O) groups is 3. The van der Waals surface area contributed by atoms with Crippen LogP contribution in [0, 0.1) is 49.7 Å². The first kappa shape index (κ1) is 37.0. The molecule has 0 N–H and O–H groups in total. The topological polar surface area (TPSA) is 84.2 Å². The first-order chi connectivity index (χ1) is 19.6. The number of ether oxygens (including phenoxy) is 1. The van der Waals surface area contributed by atoms with E-state index < -0.39 is 10.8 Å². The smallest absolute Gasteiger partial charge is 0.305 e. The van der Waals surface area contributed by atoms with Gasteiger partial charge in [-0.25, -0.2) is 0 Å². The van der Waals surface area contributed by atoms with Gasteiger partial charge < -0.3 is 4.74 Å². The van der Waals surface area contributed by atoms with Crippen LogP contribution in [0.2, 0.25) is 0 Å². The Labute approximate surface area is 263 Å². The molecule has 0 aliphatic heterocycles. The first-order valence-electron chi connectivity index (χ1n) is 16.7. The quantitative estimate of drug-likeness (QED) is 0.147. The van der Waals surface area contributed by atoms with Gasteiger partial charge in [-0.1, -0.05) is 87.3 Å². The number of hydrogen-bond acceptors (Lipinski definition) is 5. The monoisotopic (exact) mass is 595 g/mol. The number of fused-ring (bicyclic) bond motifs is 1. The van der Waals surface area contributed by atoms with E-state index in [1.807, 2.05) is 32.9 Å². The molecule has 0 radical (unpaired) electrons. The Bertz CT molecular complexity index is 1160. The molecule has 0 aromatic rings. The van der Waals surface area contributed by atoms with Crippen LogP contribution in [0.1, 0.15) is 147 Å². The van der Waals surface area contributed by atoms with Gasteiger partial charge in [-0.2, -0.15) is 5.26 Å². The van der Waals surface area contributed by atoms with Crippen LogP contribution >= 0.6 is 0 Å². The molecule has 1 fully saturated rings. The van der Waals surface area contributed by atoms with Gasteiger partial charge >= 0.3 is 5.97 Å². The van der Waals surface area contributed by atoms with Gasteiger partial charge in [0.2, 0.25) is 0 Å². The Hall–Kier alpha value is -2.22. The van der Waals surface area contributed by atoms with Crippen molar-refractivity contribution < 1.29 is 19.1 Å². The number of allylic oxidation sites excluding steroid dienone is 4. The molecular weight excluding hydrogens is 534 g/mol. The molecule has 0 spiro atoms. The maximum absolute atomic E-state index is 13.3. The van der Waals surface area contributed by atoms with Crippen LogP contribution in [-0.4, -0.2) is 24.1 Å². The molecule has 2 aliphatic carbocycles. The largest absolute Gasteiger partial charge is 0.466 e. The predicted octanol–water partition coefficient (Wildman–Crippen LogP) is 9.75. The summed E-state index contributed by atoms with van der Waals surface area (Å²) in [6.45, 7) is 26.2. The number of nitrogens with zero attached hydrogens (tertiary/aromatic N) is 1. The average Bonchev–Trinajstić information content (AvgIpc) is 2.90. The van der Waals surface area contributed by atoms with E-state index in [2.05, 4.69) is 61.5 Å². The minimum absolute atomic E-state index is 0.00190. The highest BCUT2D eigenvalue weighted by Crippen LogP contribution is 2.67. The molecule has 0 aromatic carbocycles. The molecule has 0 aromatic heterocycles. The van der Waals surface area contributed by atoms with Crippen LogP contribution in [0.3, 0.4) is 0 Å². The highest BCUT2D eigenvalue weighted by molar-refractivity contribution is 6.04. The van der Waals surface area contributed by atoms with Crippen molar-refractivity contribution in [3.8, 4) is 6.07 Å². The van der Waals surface area contributed by atoms with Crippen LogP contribution in [0.15, 0.2) is 23.3 Å². The van der Waals surface area contributed by atoms with Gasteiger partial charge in [0.25, 0.3) is 0 Å². The highest BCUT2D eigenvalue weighted by atomic mass is 16.5. The van der Waals surface area contributed by atoms with Crippen molar-refractivity contribution in [3.63, 3.8) is 0 Å². The maximum atomic E-state index is 13.3. The van der Waals surface area contributed by atoms with Gasteiger partial charge in [0.1, 0.15) is 6.07 Å². The Morgan fingerprint density at radius 2 is 1.60 bits per heavy atom. The van der Waals surface area contributed by atoms with Crippen LogP contribution in [0.5, 0.6) is 0 Å². The van der Waals surface area contributed by atoms with Crippen molar-refractivity contribution in [2.45, 2.75) is 147 Å². The van der Waals surface area contributed by atoms with Crippen molar-refractivity contribution in [1.29, 1.82) is 5.26 Å². The van der Waals surface area contributed by atoms with E-state index in [4.69, 9.17) is 4.74 Å². The second kappa shape index (κ2) is 13.4. The third-order valence-electron chi connectivity index (χ3n) is 11.9. The number of nitriles is 1. The summed E-state index contributed by atoms with van der Waals surface area (Å²) >= 11 is 0. The SMILES string of the molecule is CCCC(C)(C)CC[C@](C)(CCC(=O)OCC)CCC(C)(C)[C@]1(C)CC[C@H]2C(C)(C)C(=O)C(C#N)=C[C@]2(C)/C1=C/C(C)=O. The van der Waals surface area contributed by atoms with Crippen molar-refractivity contribution in [2.75, 3.05) is 6.61 Å². The molecule has 43 heavy (non-hydrogen) atoms. The Morgan fingerprint density at radius 1 is 1.00 bits per heavy atom. The number of ketones is 2. The summed E-state index contributed by atoms with van der Waals surface area (Å²) in [4.78, 5) is 38.5. The molecule has 242 valence electrons. The van der Waals surface area contributed by atoms with Crippen molar-refractivity contribution in [3.05, 3.63) is 23.3 Å². The zero-order valence-corrected chi connectivity index (χ0v) is 29.6. The van der Waals surface area contributed by atoms with E-state index >= 15 is 0 Å². The van der Waals surface area contributed by atoms with Gasteiger partial charge in [-0.15, -0.1) is 0 Å². The first-order valence-corrected chi connectivity index (χ1v) is 16.7. The molecular formula is C38H61NO4. The summed E-state index contributed by atoms with van der Waals surface area (Å²) in [5.74, 6) is -0.209. The zero-order chi connectivity index (χ0) is 33.1. The number of Topliss-reactive ketones (excluding diaryl/α,β-unsaturated/α-hetero) is 1. The lowest BCUT2D eigenvalue weighted by Gasteiger charge is -2.61. The molecule has 1 saturated carbocycles. The molecule has 4 atom stereocenters. The summed E-state index contributed by atoms with van der Waals surface area (Å²) in [5.41, 5.74) is -0.269. The third-order valence-corrected chi connectivity index (χ3v) is 11.9. The summed E-state index contributed by atoms with van der Waals surface area (Å²) in [6, 6.07) is 2.18. The van der Waals surface area contributed by atoms with E-state index in [0.717, 1.165) is 56.9 Å². The molecule has 2 rings (SSSR count). The minimum Gasteiger partial charge on any atom is -0.466 e. The lowest BCUT2D eigenvalue weighted by Crippen LogP contribution is -2.55. The van der Waals surface area contributed by atoms with Gasteiger partial charge in [0, 0.05) is 17.3 Å². The fraction of sp³-hybridized carbons (Fsp3) is 0.789. The fourth-order valence-electron chi connectivity index (χ4n) is 8.46. The lowest BCUT2D eigenvalue weighted by atomic mass is 9.42. The number of carbonyl (C=O) groups excluding carboxylic acids is 3. The molecule has 2 aliphatic rings. The van der Waals surface area contributed by atoms with Gasteiger partial charge in [-0.05, 0) is 98.9 Å². The second-order valence-electron chi connectivity index (χ2n) is 16.5. The van der Waals surface area contributed by atoms with E-state index in [-0.39, 0.29) is 50.7 Å². The number of hydrogen-bond donors (Lipinski definition) is 0. The minimum atomic E-state index is -0.688. The van der Waals surface area contributed by atoms with Crippen molar-refractivity contribution in [1.82, 2.24) is 0 Å². The van der Waals surface area contributed by atoms with Crippen LogP contribution in [-0.2, 0) is 19.1 Å². The van der Waals surface area contributed by atoms with E-state index in [1.54, 1.807) is 6.92 Å². The van der Waals surface area contributed by atoms with Crippen LogP contribution in [0.25, 0.3) is 0 Å². The second-order valence-corrected chi connectivity index (χ2v) is 16.5. The van der Waals surface area contributed by atoms with Gasteiger partial charge in [0.05, 0.1) is 12.2 Å². The van der Waals surface area contributed by atoms with Gasteiger partial charge in [0.15, 0.2) is 11.6 Å². The van der Waals surface area contributed by atoms with Crippen molar-refractivity contribution >= 4 is 17.5 Å². The third kappa shape index (κ3) is 7.90. The summed E-state index contributed by atoms with van der Waals surface area (Å²) < 4.78 is 5.30. The van der Waals surface area contributed by atoms with E-state index in [0.29, 0.717) is 13.0 Å². The summed E-state index contributed by atoms with van der Waals surface area (Å²) in [7, 11) is 0. The number of rotatable bonds is 14. The molecule has 0 saturated heterocycles. The summed E-state index contributed by atoms with van der Waals surface area (Å²) in [6.07, 6.45) is 13.0. The Kier molecular flexibility index (Phi) is 11.5. The molecule has 5 heteroatoms. The molecule has 0 bridgehead atoms.